The van der Waals surface area contributed by atoms with Gasteiger partial charge in [0.25, 0.3) is 0 Å². The van der Waals surface area contributed by atoms with Crippen molar-refractivity contribution in [1.82, 2.24) is 4.90 Å². The molecule has 2 heterocycles. The van der Waals surface area contributed by atoms with E-state index in [9.17, 15) is 0 Å². The summed E-state index contributed by atoms with van der Waals surface area (Å²) in [7, 11) is 0. The first kappa shape index (κ1) is 16.1. The molecule has 0 saturated carbocycles. The van der Waals surface area contributed by atoms with E-state index in [1.54, 1.807) is 0 Å². The summed E-state index contributed by atoms with van der Waals surface area (Å²) in [4.78, 5) is 7.51. The number of benzene rings is 3. The molecule has 1 saturated heterocycles. The molecule has 1 fully saturated rings. The van der Waals surface area contributed by atoms with Gasteiger partial charge in [-0.3, -0.25) is 9.89 Å². The Kier molecular flexibility index (Phi) is 3.86. The Bertz CT molecular complexity index is 965. The minimum absolute atomic E-state index is 0.0214. The summed E-state index contributed by atoms with van der Waals surface area (Å²) in [6.07, 6.45) is 0.0214. The molecule has 0 N–H and O–H groups in total. The van der Waals surface area contributed by atoms with Crippen LogP contribution in [0.1, 0.15) is 28.9 Å². The van der Waals surface area contributed by atoms with Crippen molar-refractivity contribution >= 4 is 28.9 Å². The lowest BCUT2D eigenvalue weighted by Crippen LogP contribution is -2.08. The minimum Gasteiger partial charge on any atom is -0.263 e. The van der Waals surface area contributed by atoms with Gasteiger partial charge in [0.1, 0.15) is 6.17 Å². The molecule has 0 amide bonds. The largest absolute Gasteiger partial charge is 0.263 e. The Morgan fingerprint density at radius 3 is 1.92 bits per heavy atom. The molecule has 0 radical (unpaired) electrons. The minimum atomic E-state index is 0.0214. The average molecular weight is 379 g/mol. The molecule has 4 heteroatoms. The lowest BCUT2D eigenvalue weighted by molar-refractivity contribution is 0.404. The first-order chi connectivity index (χ1) is 12.7. The van der Waals surface area contributed by atoms with Crippen LogP contribution >= 0.6 is 23.2 Å². The fourth-order valence-corrected chi connectivity index (χ4v) is 4.12. The fraction of sp³-hybridized carbons (Fsp3) is 0.136. The van der Waals surface area contributed by atoms with Crippen LogP contribution in [0.3, 0.4) is 0 Å². The third-order valence-corrected chi connectivity index (χ3v) is 5.63. The normalized spacial score (nSPS) is 26.3. The SMILES string of the molecule is Clc1ccc(C2=N[C@H](c3ccc(Cl)cc3)N3[C@H](c4ccccc4)[C@H]23)cc1. The molecule has 5 rings (SSSR count). The summed E-state index contributed by atoms with van der Waals surface area (Å²) < 4.78 is 0. The lowest BCUT2D eigenvalue weighted by Gasteiger charge is -2.14. The average Bonchev–Trinajstić information content (AvgIpc) is 3.29. The summed E-state index contributed by atoms with van der Waals surface area (Å²) >= 11 is 12.1. The summed E-state index contributed by atoms with van der Waals surface area (Å²) in [6, 6.07) is 27.3. The number of fused-ring (bicyclic) bond motifs is 1. The van der Waals surface area contributed by atoms with Crippen molar-refractivity contribution in [2.45, 2.75) is 18.2 Å². The first-order valence-electron chi connectivity index (χ1n) is 8.64. The predicted octanol–water partition coefficient (Wildman–Crippen LogP) is 5.92. The van der Waals surface area contributed by atoms with Crippen molar-refractivity contribution in [1.29, 1.82) is 0 Å². The highest BCUT2D eigenvalue weighted by atomic mass is 35.5. The lowest BCUT2D eigenvalue weighted by atomic mass is 10.0. The molecule has 2 nitrogen and oxygen atoms in total. The van der Waals surface area contributed by atoms with Gasteiger partial charge in [-0.1, -0.05) is 77.8 Å². The molecule has 2 aliphatic rings. The van der Waals surface area contributed by atoms with Crippen LogP contribution in [0, 0.1) is 0 Å². The zero-order valence-corrected chi connectivity index (χ0v) is 15.4. The quantitative estimate of drug-likeness (QED) is 0.516. The number of rotatable bonds is 3. The van der Waals surface area contributed by atoms with E-state index in [2.05, 4.69) is 59.5 Å². The third-order valence-electron chi connectivity index (χ3n) is 5.12. The monoisotopic (exact) mass is 378 g/mol. The number of hydrogen-bond donors (Lipinski definition) is 0. The fourth-order valence-electron chi connectivity index (χ4n) is 3.87. The third kappa shape index (κ3) is 2.66. The second-order valence-electron chi connectivity index (χ2n) is 6.69. The second-order valence-corrected chi connectivity index (χ2v) is 7.57. The second kappa shape index (κ2) is 6.24. The highest BCUT2D eigenvalue weighted by Crippen LogP contribution is 2.55. The van der Waals surface area contributed by atoms with Crippen molar-refractivity contribution in [3.63, 3.8) is 0 Å². The van der Waals surface area contributed by atoms with Gasteiger partial charge in [-0.25, -0.2) is 0 Å². The van der Waals surface area contributed by atoms with Crippen LogP contribution in [0.4, 0.5) is 0 Å². The molecule has 0 aromatic heterocycles. The maximum Gasteiger partial charge on any atom is 0.129 e. The van der Waals surface area contributed by atoms with Crippen molar-refractivity contribution in [3.05, 3.63) is 106 Å². The molecule has 3 aromatic carbocycles. The smallest absolute Gasteiger partial charge is 0.129 e. The van der Waals surface area contributed by atoms with Crippen LogP contribution < -0.4 is 0 Å². The number of hydrogen-bond acceptors (Lipinski definition) is 2. The molecule has 3 aromatic rings. The Balaban J connectivity index is 1.56. The van der Waals surface area contributed by atoms with Crippen LogP contribution in [0.2, 0.25) is 10.0 Å². The summed E-state index contributed by atoms with van der Waals surface area (Å²) in [6.45, 7) is 0. The van der Waals surface area contributed by atoms with Crippen molar-refractivity contribution < 1.29 is 0 Å². The van der Waals surface area contributed by atoms with Crippen LogP contribution in [0.15, 0.2) is 83.9 Å². The van der Waals surface area contributed by atoms with Crippen molar-refractivity contribution in [2.75, 3.05) is 0 Å². The first-order valence-corrected chi connectivity index (χ1v) is 9.39. The van der Waals surface area contributed by atoms with E-state index in [1.807, 2.05) is 24.3 Å². The van der Waals surface area contributed by atoms with E-state index in [0.29, 0.717) is 12.1 Å². The Morgan fingerprint density at radius 1 is 0.654 bits per heavy atom. The summed E-state index contributed by atoms with van der Waals surface area (Å²) in [5.74, 6) is 0. The molecular formula is C22H16Cl2N2. The van der Waals surface area contributed by atoms with Gasteiger partial charge in [-0.15, -0.1) is 0 Å². The van der Waals surface area contributed by atoms with E-state index >= 15 is 0 Å². The van der Waals surface area contributed by atoms with Gasteiger partial charge < -0.3 is 0 Å². The van der Waals surface area contributed by atoms with E-state index in [1.165, 1.54) is 11.1 Å². The maximum atomic E-state index is 6.07. The van der Waals surface area contributed by atoms with Gasteiger partial charge in [-0.05, 0) is 41.0 Å². The molecule has 2 aliphatic heterocycles. The molecule has 26 heavy (non-hydrogen) atoms. The van der Waals surface area contributed by atoms with Gasteiger partial charge in [0.2, 0.25) is 0 Å². The van der Waals surface area contributed by atoms with E-state index in [-0.39, 0.29) is 6.17 Å². The van der Waals surface area contributed by atoms with Gasteiger partial charge >= 0.3 is 0 Å². The highest BCUT2D eigenvalue weighted by Gasteiger charge is 2.59. The van der Waals surface area contributed by atoms with Gasteiger partial charge in [0.05, 0.1) is 17.8 Å². The van der Waals surface area contributed by atoms with Crippen LogP contribution in [0.5, 0.6) is 0 Å². The molecule has 0 spiro atoms. The molecular weight excluding hydrogens is 363 g/mol. The molecule has 0 bridgehead atoms. The number of aliphatic imine (C=N–C) groups is 1. The Hall–Kier alpha value is -2.13. The summed E-state index contributed by atoms with van der Waals surface area (Å²) in [5, 5.41) is 1.49. The topological polar surface area (TPSA) is 15.4 Å². The van der Waals surface area contributed by atoms with Gasteiger partial charge in [0, 0.05) is 10.0 Å². The molecule has 4 atom stereocenters. The van der Waals surface area contributed by atoms with E-state index < -0.39 is 0 Å². The van der Waals surface area contributed by atoms with Gasteiger partial charge in [0.15, 0.2) is 0 Å². The molecule has 128 valence electrons. The number of nitrogens with zero attached hydrogens (tertiary/aromatic N) is 2. The molecule has 0 aliphatic carbocycles. The van der Waals surface area contributed by atoms with Crippen LogP contribution in [0.25, 0.3) is 0 Å². The zero-order valence-electron chi connectivity index (χ0n) is 13.9. The van der Waals surface area contributed by atoms with Crippen molar-refractivity contribution in [2.24, 2.45) is 4.99 Å². The highest BCUT2D eigenvalue weighted by molar-refractivity contribution is 6.31. The van der Waals surface area contributed by atoms with Gasteiger partial charge in [-0.2, -0.15) is 0 Å². The Labute approximate surface area is 162 Å². The maximum absolute atomic E-state index is 6.07. The zero-order chi connectivity index (χ0) is 17.7. The van der Waals surface area contributed by atoms with Crippen LogP contribution in [-0.2, 0) is 0 Å². The summed E-state index contributed by atoms with van der Waals surface area (Å²) in [5.41, 5.74) is 4.77. The number of halogens is 2. The Morgan fingerprint density at radius 2 is 1.27 bits per heavy atom. The predicted molar refractivity (Wildman–Crippen MR) is 107 cm³/mol. The van der Waals surface area contributed by atoms with Crippen molar-refractivity contribution in [3.8, 4) is 0 Å². The van der Waals surface area contributed by atoms with E-state index in [0.717, 1.165) is 21.3 Å². The van der Waals surface area contributed by atoms with E-state index in [4.69, 9.17) is 28.2 Å². The molecule has 1 unspecified atom stereocenters. The van der Waals surface area contributed by atoms with Crippen LogP contribution in [-0.4, -0.2) is 16.7 Å². The standard InChI is InChI=1S/C22H16Cl2N2/c23-17-10-6-14(7-11-17)19-21-20(15-4-2-1-3-5-15)26(21)22(25-19)16-8-12-18(24)13-9-16/h1-13,20-22H/t20-,21+,22+,26?/m1/s1.